The van der Waals surface area contributed by atoms with Crippen LogP contribution in [0.1, 0.15) is 6.42 Å². The molecule has 0 radical (unpaired) electrons. The van der Waals surface area contributed by atoms with E-state index in [1.165, 1.54) is 0 Å². The van der Waals surface area contributed by atoms with E-state index in [9.17, 15) is 4.79 Å². The zero-order valence-electron chi connectivity index (χ0n) is 14.6. The summed E-state index contributed by atoms with van der Waals surface area (Å²) in [7, 11) is 0. The standard InChI is InChI=1S/C20H18N6O/c21-6-3-7-26-11-14(13-4-1-2-5-18(13)26)19-20(27)24-16-8-12-10-22-25-15(12)9-17(16)23-19/h1-2,4-5,8-11H,3,6-7,21H2,(H,22,25)(H,24,27). The van der Waals surface area contributed by atoms with Crippen LogP contribution in [0.3, 0.4) is 0 Å². The second kappa shape index (κ2) is 6.07. The van der Waals surface area contributed by atoms with Gasteiger partial charge in [-0.25, -0.2) is 4.98 Å². The van der Waals surface area contributed by atoms with Gasteiger partial charge in [-0.15, -0.1) is 0 Å². The first-order valence-electron chi connectivity index (χ1n) is 8.90. The number of aromatic nitrogens is 5. The molecule has 2 aromatic carbocycles. The van der Waals surface area contributed by atoms with E-state index in [2.05, 4.69) is 30.8 Å². The Morgan fingerprint density at radius 3 is 2.93 bits per heavy atom. The summed E-state index contributed by atoms with van der Waals surface area (Å²) in [5, 5.41) is 8.93. The average Bonchev–Trinajstić information content (AvgIpc) is 3.28. The van der Waals surface area contributed by atoms with Crippen LogP contribution in [-0.2, 0) is 6.54 Å². The van der Waals surface area contributed by atoms with Crippen molar-refractivity contribution in [1.82, 2.24) is 24.7 Å². The molecule has 3 aromatic heterocycles. The minimum atomic E-state index is -0.202. The molecule has 134 valence electrons. The van der Waals surface area contributed by atoms with Gasteiger partial charge in [0.15, 0.2) is 0 Å². The van der Waals surface area contributed by atoms with Crippen LogP contribution in [0.4, 0.5) is 0 Å². The normalized spacial score (nSPS) is 11.7. The quantitative estimate of drug-likeness (QED) is 0.459. The molecule has 5 aromatic rings. The third-order valence-electron chi connectivity index (χ3n) is 4.90. The highest BCUT2D eigenvalue weighted by atomic mass is 16.1. The van der Waals surface area contributed by atoms with Gasteiger partial charge in [0.25, 0.3) is 5.56 Å². The summed E-state index contributed by atoms with van der Waals surface area (Å²) in [6.07, 6.45) is 4.60. The Balaban J connectivity index is 1.76. The molecule has 0 aliphatic carbocycles. The lowest BCUT2D eigenvalue weighted by atomic mass is 10.1. The minimum Gasteiger partial charge on any atom is -0.347 e. The molecule has 7 heteroatoms. The molecule has 0 saturated carbocycles. The minimum absolute atomic E-state index is 0.202. The van der Waals surface area contributed by atoms with Crippen molar-refractivity contribution in [1.29, 1.82) is 0 Å². The lowest BCUT2D eigenvalue weighted by Crippen LogP contribution is -2.11. The summed E-state index contributed by atoms with van der Waals surface area (Å²) in [5.74, 6) is 0. The largest absolute Gasteiger partial charge is 0.347 e. The van der Waals surface area contributed by atoms with Crippen molar-refractivity contribution in [3.8, 4) is 11.3 Å². The Morgan fingerprint density at radius 1 is 1.15 bits per heavy atom. The number of aryl methyl sites for hydroxylation is 1. The van der Waals surface area contributed by atoms with Gasteiger partial charge in [0.2, 0.25) is 0 Å². The molecule has 0 bridgehead atoms. The fourth-order valence-electron chi connectivity index (χ4n) is 3.59. The molecular weight excluding hydrogens is 340 g/mol. The van der Waals surface area contributed by atoms with E-state index in [0.29, 0.717) is 17.8 Å². The molecule has 4 N–H and O–H groups in total. The lowest BCUT2D eigenvalue weighted by molar-refractivity contribution is 0.671. The number of para-hydroxylation sites is 1. The summed E-state index contributed by atoms with van der Waals surface area (Å²) in [5.41, 5.74) is 10.1. The van der Waals surface area contributed by atoms with Crippen LogP contribution in [0, 0.1) is 0 Å². The smallest absolute Gasteiger partial charge is 0.275 e. The predicted molar refractivity (Wildman–Crippen MR) is 107 cm³/mol. The van der Waals surface area contributed by atoms with Crippen molar-refractivity contribution < 1.29 is 0 Å². The second-order valence-electron chi connectivity index (χ2n) is 6.64. The van der Waals surface area contributed by atoms with Crippen molar-refractivity contribution >= 4 is 32.8 Å². The maximum Gasteiger partial charge on any atom is 0.275 e. The molecule has 0 aliphatic heterocycles. The van der Waals surface area contributed by atoms with E-state index < -0.39 is 0 Å². The first kappa shape index (κ1) is 15.8. The van der Waals surface area contributed by atoms with E-state index in [0.717, 1.165) is 45.9 Å². The third-order valence-corrected chi connectivity index (χ3v) is 4.90. The van der Waals surface area contributed by atoms with Crippen molar-refractivity contribution in [3.05, 3.63) is 59.1 Å². The predicted octanol–water partition coefficient (Wildman–Crippen LogP) is 2.77. The average molecular weight is 358 g/mol. The Kier molecular flexibility index (Phi) is 3.54. The number of benzene rings is 2. The Morgan fingerprint density at radius 2 is 2.04 bits per heavy atom. The van der Waals surface area contributed by atoms with Crippen molar-refractivity contribution in [2.24, 2.45) is 5.73 Å². The number of H-pyrrole nitrogens is 2. The molecule has 0 unspecified atom stereocenters. The van der Waals surface area contributed by atoms with Gasteiger partial charge in [0.1, 0.15) is 5.69 Å². The Hall–Kier alpha value is -3.45. The number of fused-ring (bicyclic) bond motifs is 3. The van der Waals surface area contributed by atoms with Gasteiger partial charge in [0, 0.05) is 34.6 Å². The number of nitrogens with two attached hydrogens (primary N) is 1. The summed E-state index contributed by atoms with van der Waals surface area (Å²) in [6, 6.07) is 11.8. The van der Waals surface area contributed by atoms with E-state index in [4.69, 9.17) is 5.73 Å². The van der Waals surface area contributed by atoms with Crippen LogP contribution in [0.25, 0.3) is 44.1 Å². The van der Waals surface area contributed by atoms with Crippen LogP contribution in [-0.4, -0.2) is 31.3 Å². The van der Waals surface area contributed by atoms with E-state index >= 15 is 0 Å². The number of aromatic amines is 2. The highest BCUT2D eigenvalue weighted by Crippen LogP contribution is 2.29. The number of nitrogens with one attached hydrogen (secondary N) is 2. The summed E-state index contributed by atoms with van der Waals surface area (Å²) < 4.78 is 2.14. The molecule has 0 saturated heterocycles. The summed E-state index contributed by atoms with van der Waals surface area (Å²) in [6.45, 7) is 1.42. The van der Waals surface area contributed by atoms with Crippen LogP contribution in [0.2, 0.25) is 0 Å². The second-order valence-corrected chi connectivity index (χ2v) is 6.64. The fraction of sp³-hybridized carbons (Fsp3) is 0.150. The molecule has 5 rings (SSSR count). The highest BCUT2D eigenvalue weighted by molar-refractivity contribution is 5.97. The molecule has 7 nitrogen and oxygen atoms in total. The number of hydrogen-bond donors (Lipinski definition) is 3. The first-order chi connectivity index (χ1) is 13.2. The number of rotatable bonds is 4. The Bertz CT molecular complexity index is 1340. The van der Waals surface area contributed by atoms with E-state index in [1.807, 2.05) is 36.5 Å². The van der Waals surface area contributed by atoms with Crippen molar-refractivity contribution in [2.75, 3.05) is 6.54 Å². The van der Waals surface area contributed by atoms with Crippen LogP contribution >= 0.6 is 0 Å². The molecule has 0 aliphatic rings. The number of hydrogen-bond acceptors (Lipinski definition) is 4. The summed E-state index contributed by atoms with van der Waals surface area (Å²) in [4.78, 5) is 20.5. The van der Waals surface area contributed by atoms with E-state index in [1.54, 1.807) is 6.20 Å². The fourth-order valence-corrected chi connectivity index (χ4v) is 3.59. The zero-order chi connectivity index (χ0) is 18.4. The number of nitrogens with zero attached hydrogens (tertiary/aromatic N) is 3. The zero-order valence-corrected chi connectivity index (χ0v) is 14.6. The van der Waals surface area contributed by atoms with Gasteiger partial charge < -0.3 is 15.3 Å². The van der Waals surface area contributed by atoms with Gasteiger partial charge in [0.05, 0.1) is 22.7 Å². The van der Waals surface area contributed by atoms with Crippen LogP contribution in [0.15, 0.2) is 53.6 Å². The van der Waals surface area contributed by atoms with Crippen LogP contribution in [0.5, 0.6) is 0 Å². The van der Waals surface area contributed by atoms with Crippen molar-refractivity contribution in [2.45, 2.75) is 13.0 Å². The molecule has 0 amide bonds. The topological polar surface area (TPSA) is 105 Å². The molecular formula is C20H18N6O. The first-order valence-corrected chi connectivity index (χ1v) is 8.90. The maximum atomic E-state index is 12.8. The van der Waals surface area contributed by atoms with Gasteiger partial charge in [-0.3, -0.25) is 9.89 Å². The lowest BCUT2D eigenvalue weighted by Gasteiger charge is -2.03. The Labute approximate surface area is 153 Å². The maximum absolute atomic E-state index is 12.8. The van der Waals surface area contributed by atoms with Crippen molar-refractivity contribution in [3.63, 3.8) is 0 Å². The summed E-state index contributed by atoms with van der Waals surface area (Å²) >= 11 is 0. The van der Waals surface area contributed by atoms with Gasteiger partial charge in [-0.2, -0.15) is 5.10 Å². The third kappa shape index (κ3) is 2.51. The molecule has 27 heavy (non-hydrogen) atoms. The van der Waals surface area contributed by atoms with E-state index in [-0.39, 0.29) is 5.56 Å². The molecule has 3 heterocycles. The molecule has 0 spiro atoms. The molecule has 0 atom stereocenters. The van der Waals surface area contributed by atoms with Gasteiger partial charge in [-0.05, 0) is 31.2 Å². The van der Waals surface area contributed by atoms with Gasteiger partial charge in [-0.1, -0.05) is 18.2 Å². The van der Waals surface area contributed by atoms with Gasteiger partial charge >= 0.3 is 0 Å². The molecule has 0 fully saturated rings. The van der Waals surface area contributed by atoms with Crippen LogP contribution < -0.4 is 11.3 Å². The highest BCUT2D eigenvalue weighted by Gasteiger charge is 2.15. The SMILES string of the molecule is NCCCn1cc(-c2nc3cc4[nH]ncc4cc3[nH]c2=O)c2ccccc21. The monoisotopic (exact) mass is 358 g/mol.